The van der Waals surface area contributed by atoms with Crippen molar-refractivity contribution in [1.29, 1.82) is 0 Å². The lowest BCUT2D eigenvalue weighted by Gasteiger charge is -2.18. The number of carbonyl (C=O) groups excluding carboxylic acids is 1. The summed E-state index contributed by atoms with van der Waals surface area (Å²) in [6, 6.07) is 0.280. The van der Waals surface area contributed by atoms with E-state index in [9.17, 15) is 4.79 Å². The van der Waals surface area contributed by atoms with Crippen LogP contribution in [-0.2, 0) is 14.3 Å². The molecule has 2 fully saturated rings. The zero-order chi connectivity index (χ0) is 17.2. The smallest absolute Gasteiger partial charge is 0.222 e. The van der Waals surface area contributed by atoms with Gasteiger partial charge in [0.05, 0.1) is 12.7 Å². The molecular formula is C17H32N4O3. The van der Waals surface area contributed by atoms with Crippen molar-refractivity contribution in [2.24, 2.45) is 4.99 Å². The van der Waals surface area contributed by atoms with E-state index in [2.05, 4.69) is 15.6 Å². The molecule has 0 aromatic carbocycles. The zero-order valence-electron chi connectivity index (χ0n) is 15.1. The first-order valence-electron chi connectivity index (χ1n) is 9.17. The van der Waals surface area contributed by atoms with Crippen molar-refractivity contribution in [3.8, 4) is 0 Å². The largest absolute Gasteiger partial charge is 0.379 e. The van der Waals surface area contributed by atoms with Gasteiger partial charge in [0.2, 0.25) is 5.91 Å². The fraction of sp³-hybridized carbons (Fsp3) is 0.882. The maximum atomic E-state index is 11.7. The van der Waals surface area contributed by atoms with Crippen LogP contribution in [-0.4, -0.2) is 75.4 Å². The van der Waals surface area contributed by atoms with Crippen molar-refractivity contribution < 1.29 is 14.3 Å². The van der Waals surface area contributed by atoms with Crippen molar-refractivity contribution in [3.63, 3.8) is 0 Å². The molecule has 0 aromatic rings. The van der Waals surface area contributed by atoms with E-state index in [0.717, 1.165) is 64.5 Å². The topological polar surface area (TPSA) is 75.2 Å². The van der Waals surface area contributed by atoms with Gasteiger partial charge in [-0.3, -0.25) is 9.79 Å². The average molecular weight is 340 g/mol. The SMILES string of the molecule is CCC(=O)N1CCC(NC(=NC)NCCCOCC2CCCO2)C1. The van der Waals surface area contributed by atoms with Crippen LogP contribution in [0.5, 0.6) is 0 Å². The molecule has 7 nitrogen and oxygen atoms in total. The fourth-order valence-corrected chi connectivity index (χ4v) is 3.09. The first-order valence-corrected chi connectivity index (χ1v) is 9.17. The Morgan fingerprint density at radius 1 is 1.42 bits per heavy atom. The Morgan fingerprint density at radius 3 is 3.00 bits per heavy atom. The van der Waals surface area contributed by atoms with Gasteiger partial charge in [0.25, 0.3) is 0 Å². The minimum atomic E-state index is 0.227. The number of rotatable bonds is 8. The predicted octanol–water partition coefficient (Wildman–Crippen LogP) is 0.748. The highest BCUT2D eigenvalue weighted by Gasteiger charge is 2.25. The maximum Gasteiger partial charge on any atom is 0.222 e. The summed E-state index contributed by atoms with van der Waals surface area (Å²) in [5.41, 5.74) is 0. The Morgan fingerprint density at radius 2 is 2.29 bits per heavy atom. The highest BCUT2D eigenvalue weighted by Crippen LogP contribution is 2.12. The predicted molar refractivity (Wildman–Crippen MR) is 94.2 cm³/mol. The minimum Gasteiger partial charge on any atom is -0.379 e. The van der Waals surface area contributed by atoms with Gasteiger partial charge in [-0.2, -0.15) is 0 Å². The molecule has 2 aliphatic rings. The summed E-state index contributed by atoms with van der Waals surface area (Å²) in [6.07, 6.45) is 5.04. The molecule has 1 amide bonds. The summed E-state index contributed by atoms with van der Waals surface area (Å²) in [5, 5.41) is 6.70. The Labute approximate surface area is 145 Å². The van der Waals surface area contributed by atoms with Crippen LogP contribution in [0.4, 0.5) is 0 Å². The molecule has 0 aliphatic carbocycles. The van der Waals surface area contributed by atoms with E-state index in [1.165, 1.54) is 0 Å². The van der Waals surface area contributed by atoms with Gasteiger partial charge in [-0.05, 0) is 25.7 Å². The van der Waals surface area contributed by atoms with Crippen LogP contribution in [0.1, 0.15) is 39.0 Å². The molecule has 24 heavy (non-hydrogen) atoms. The quantitative estimate of drug-likeness (QED) is 0.387. The molecular weight excluding hydrogens is 308 g/mol. The van der Waals surface area contributed by atoms with Crippen LogP contribution in [0, 0.1) is 0 Å². The Bertz CT molecular complexity index is 411. The lowest BCUT2D eigenvalue weighted by atomic mass is 10.2. The molecule has 138 valence electrons. The standard InChI is InChI=1S/C17H32N4O3/c1-3-16(22)21-9-7-14(12-21)20-17(18-2)19-8-5-10-23-13-15-6-4-11-24-15/h14-15H,3-13H2,1-2H3,(H2,18,19,20). The van der Waals surface area contributed by atoms with E-state index in [0.29, 0.717) is 19.1 Å². The minimum absolute atomic E-state index is 0.227. The number of amides is 1. The van der Waals surface area contributed by atoms with E-state index < -0.39 is 0 Å². The van der Waals surface area contributed by atoms with Crippen LogP contribution in [0.2, 0.25) is 0 Å². The second-order valence-corrected chi connectivity index (χ2v) is 6.39. The highest BCUT2D eigenvalue weighted by molar-refractivity contribution is 5.80. The summed E-state index contributed by atoms with van der Waals surface area (Å²) < 4.78 is 11.2. The van der Waals surface area contributed by atoms with E-state index in [1.807, 2.05) is 11.8 Å². The molecule has 0 saturated carbocycles. The summed E-state index contributed by atoms with van der Waals surface area (Å²) in [4.78, 5) is 17.9. The zero-order valence-corrected chi connectivity index (χ0v) is 15.1. The number of likely N-dealkylation sites (tertiary alicyclic amines) is 1. The maximum absolute atomic E-state index is 11.7. The summed E-state index contributed by atoms with van der Waals surface area (Å²) in [6.45, 7) is 6.62. The summed E-state index contributed by atoms with van der Waals surface area (Å²) in [7, 11) is 1.77. The number of ether oxygens (including phenoxy) is 2. The molecule has 2 unspecified atom stereocenters. The highest BCUT2D eigenvalue weighted by atomic mass is 16.5. The van der Waals surface area contributed by atoms with Crippen LogP contribution in [0.25, 0.3) is 0 Å². The van der Waals surface area contributed by atoms with Crippen molar-refractivity contribution in [2.45, 2.75) is 51.2 Å². The van der Waals surface area contributed by atoms with Crippen LogP contribution >= 0.6 is 0 Å². The average Bonchev–Trinajstić information content (AvgIpc) is 3.27. The number of hydrogen-bond donors (Lipinski definition) is 2. The first-order chi connectivity index (χ1) is 11.7. The molecule has 2 heterocycles. The van der Waals surface area contributed by atoms with Crippen molar-refractivity contribution >= 4 is 11.9 Å². The fourth-order valence-electron chi connectivity index (χ4n) is 3.09. The van der Waals surface area contributed by atoms with E-state index in [1.54, 1.807) is 7.05 Å². The first kappa shape index (κ1) is 19.0. The van der Waals surface area contributed by atoms with E-state index in [4.69, 9.17) is 9.47 Å². The third-order valence-electron chi connectivity index (χ3n) is 4.49. The van der Waals surface area contributed by atoms with Gasteiger partial charge in [0.1, 0.15) is 0 Å². The Balaban J connectivity index is 1.53. The van der Waals surface area contributed by atoms with Crippen molar-refractivity contribution in [1.82, 2.24) is 15.5 Å². The van der Waals surface area contributed by atoms with Crippen molar-refractivity contribution in [3.05, 3.63) is 0 Å². The normalized spacial score (nSPS) is 24.4. The Kier molecular flexibility index (Phi) is 8.32. The second kappa shape index (κ2) is 10.5. The molecule has 0 spiro atoms. The molecule has 2 saturated heterocycles. The molecule has 0 aromatic heterocycles. The molecule has 2 aliphatic heterocycles. The van der Waals surface area contributed by atoms with Gasteiger partial charge in [-0.25, -0.2) is 0 Å². The van der Waals surface area contributed by atoms with Gasteiger partial charge >= 0.3 is 0 Å². The molecule has 2 N–H and O–H groups in total. The third-order valence-corrected chi connectivity index (χ3v) is 4.49. The number of guanidine groups is 1. The third kappa shape index (κ3) is 6.28. The van der Waals surface area contributed by atoms with E-state index in [-0.39, 0.29) is 11.9 Å². The number of nitrogens with one attached hydrogen (secondary N) is 2. The summed E-state index contributed by atoms with van der Waals surface area (Å²) >= 11 is 0. The van der Waals surface area contributed by atoms with Gasteiger partial charge < -0.3 is 25.0 Å². The second-order valence-electron chi connectivity index (χ2n) is 6.39. The number of hydrogen-bond acceptors (Lipinski definition) is 4. The van der Waals surface area contributed by atoms with Crippen LogP contribution < -0.4 is 10.6 Å². The van der Waals surface area contributed by atoms with Crippen LogP contribution in [0.3, 0.4) is 0 Å². The lowest BCUT2D eigenvalue weighted by Crippen LogP contribution is -2.45. The summed E-state index contributed by atoms with van der Waals surface area (Å²) in [5.74, 6) is 1.02. The van der Waals surface area contributed by atoms with Gasteiger partial charge in [0.15, 0.2) is 5.96 Å². The molecule has 0 bridgehead atoms. The molecule has 2 atom stereocenters. The van der Waals surface area contributed by atoms with Gasteiger partial charge in [0, 0.05) is 52.4 Å². The Hall–Kier alpha value is -1.34. The van der Waals surface area contributed by atoms with Gasteiger partial charge in [-0.1, -0.05) is 6.92 Å². The number of nitrogens with zero attached hydrogens (tertiary/aromatic N) is 2. The van der Waals surface area contributed by atoms with E-state index >= 15 is 0 Å². The van der Waals surface area contributed by atoms with Gasteiger partial charge in [-0.15, -0.1) is 0 Å². The van der Waals surface area contributed by atoms with Crippen LogP contribution in [0.15, 0.2) is 4.99 Å². The monoisotopic (exact) mass is 340 g/mol. The molecule has 0 radical (unpaired) electrons. The van der Waals surface area contributed by atoms with Crippen molar-refractivity contribution in [2.75, 3.05) is 46.5 Å². The molecule has 7 heteroatoms. The number of aliphatic imine (C=N–C) groups is 1. The molecule has 2 rings (SSSR count). The lowest BCUT2D eigenvalue weighted by molar-refractivity contribution is -0.129. The number of carbonyl (C=O) groups is 1.